The summed E-state index contributed by atoms with van der Waals surface area (Å²) in [6.07, 6.45) is -2.80. The standard InChI is InChI=1S/C19H20ClF3N2O/c1-5-24-11-25(4)17-8-13(3)18(9-12(17)2)26-14-6-7-16(20)15(10-14)19(21,22)23/h6-11H,5H2,1-4H3. The first-order valence-corrected chi connectivity index (χ1v) is 8.40. The fourth-order valence-electron chi connectivity index (χ4n) is 2.44. The van der Waals surface area contributed by atoms with E-state index < -0.39 is 11.7 Å². The first-order valence-electron chi connectivity index (χ1n) is 8.02. The van der Waals surface area contributed by atoms with Gasteiger partial charge < -0.3 is 9.64 Å². The molecule has 0 amide bonds. The summed E-state index contributed by atoms with van der Waals surface area (Å²) in [7, 11) is 1.89. The molecule has 0 aromatic heterocycles. The minimum atomic E-state index is -4.54. The number of alkyl halides is 3. The third-order valence-electron chi connectivity index (χ3n) is 3.78. The van der Waals surface area contributed by atoms with E-state index in [9.17, 15) is 13.2 Å². The summed E-state index contributed by atoms with van der Waals surface area (Å²) in [6.45, 7) is 6.37. The van der Waals surface area contributed by atoms with Crippen molar-refractivity contribution in [1.29, 1.82) is 0 Å². The maximum atomic E-state index is 13.0. The van der Waals surface area contributed by atoms with E-state index in [1.807, 2.05) is 38.8 Å². The molecule has 2 aromatic rings. The Labute approximate surface area is 156 Å². The Kier molecular flexibility index (Phi) is 6.18. The van der Waals surface area contributed by atoms with Crippen LogP contribution in [0.1, 0.15) is 23.6 Å². The number of rotatable bonds is 5. The van der Waals surface area contributed by atoms with Gasteiger partial charge in [-0.1, -0.05) is 11.6 Å². The highest BCUT2D eigenvalue weighted by molar-refractivity contribution is 6.31. The van der Waals surface area contributed by atoms with E-state index in [0.29, 0.717) is 12.3 Å². The maximum absolute atomic E-state index is 13.0. The molecule has 3 nitrogen and oxygen atoms in total. The predicted molar refractivity (Wildman–Crippen MR) is 99.9 cm³/mol. The summed E-state index contributed by atoms with van der Waals surface area (Å²) in [6, 6.07) is 7.21. The number of benzene rings is 2. The van der Waals surface area contributed by atoms with Gasteiger partial charge in [0.05, 0.1) is 16.9 Å². The number of ether oxygens (including phenoxy) is 1. The smallest absolute Gasteiger partial charge is 0.417 e. The van der Waals surface area contributed by atoms with Crippen LogP contribution in [0.5, 0.6) is 11.5 Å². The minimum absolute atomic E-state index is 0.0814. The van der Waals surface area contributed by atoms with Crippen molar-refractivity contribution in [3.63, 3.8) is 0 Å². The van der Waals surface area contributed by atoms with Gasteiger partial charge in [-0.25, -0.2) is 0 Å². The molecule has 0 aliphatic rings. The van der Waals surface area contributed by atoms with E-state index in [2.05, 4.69) is 4.99 Å². The quantitative estimate of drug-likeness (QED) is 0.449. The van der Waals surface area contributed by atoms with Crippen LogP contribution in [0.2, 0.25) is 5.02 Å². The van der Waals surface area contributed by atoms with Gasteiger partial charge in [-0.05, 0) is 62.2 Å². The molecule has 0 aliphatic heterocycles. The second-order valence-electron chi connectivity index (χ2n) is 5.87. The highest BCUT2D eigenvalue weighted by Crippen LogP contribution is 2.38. The number of aliphatic imine (C=N–C) groups is 1. The Morgan fingerprint density at radius 1 is 1.15 bits per heavy atom. The average Bonchev–Trinajstić information content (AvgIpc) is 2.56. The van der Waals surface area contributed by atoms with Crippen LogP contribution in [0.4, 0.5) is 18.9 Å². The van der Waals surface area contributed by atoms with Gasteiger partial charge in [0.2, 0.25) is 0 Å². The SMILES string of the molecule is CCN=CN(C)c1cc(C)c(Oc2ccc(Cl)c(C(F)(F)F)c2)cc1C. The fraction of sp³-hybridized carbons (Fsp3) is 0.316. The monoisotopic (exact) mass is 384 g/mol. The van der Waals surface area contributed by atoms with Gasteiger partial charge in [0.15, 0.2) is 0 Å². The second kappa shape index (κ2) is 7.99. The molecule has 140 valence electrons. The van der Waals surface area contributed by atoms with Gasteiger partial charge in [0.1, 0.15) is 11.5 Å². The zero-order valence-electron chi connectivity index (χ0n) is 15.0. The van der Waals surface area contributed by atoms with Crippen molar-refractivity contribution in [3.05, 3.63) is 52.0 Å². The van der Waals surface area contributed by atoms with Crippen molar-refractivity contribution < 1.29 is 17.9 Å². The number of aryl methyl sites for hydroxylation is 2. The Bertz CT molecular complexity index is 819. The summed E-state index contributed by atoms with van der Waals surface area (Å²) >= 11 is 5.64. The topological polar surface area (TPSA) is 24.8 Å². The largest absolute Gasteiger partial charge is 0.457 e. The van der Waals surface area contributed by atoms with E-state index in [1.54, 1.807) is 12.4 Å². The molecule has 0 aliphatic carbocycles. The summed E-state index contributed by atoms with van der Waals surface area (Å²) in [4.78, 5) is 6.09. The molecule has 0 unspecified atom stereocenters. The van der Waals surface area contributed by atoms with Crippen molar-refractivity contribution in [3.8, 4) is 11.5 Å². The van der Waals surface area contributed by atoms with Crippen molar-refractivity contribution in [2.45, 2.75) is 26.9 Å². The molecule has 0 heterocycles. The van der Waals surface area contributed by atoms with Crippen LogP contribution in [0.15, 0.2) is 35.3 Å². The Hall–Kier alpha value is -2.21. The van der Waals surface area contributed by atoms with Crippen LogP contribution >= 0.6 is 11.6 Å². The maximum Gasteiger partial charge on any atom is 0.417 e. The van der Waals surface area contributed by atoms with E-state index in [0.717, 1.165) is 22.9 Å². The third kappa shape index (κ3) is 4.69. The van der Waals surface area contributed by atoms with Gasteiger partial charge in [0, 0.05) is 19.3 Å². The van der Waals surface area contributed by atoms with Gasteiger partial charge >= 0.3 is 6.18 Å². The number of nitrogens with zero attached hydrogens (tertiary/aromatic N) is 2. The van der Waals surface area contributed by atoms with Gasteiger partial charge in [-0.2, -0.15) is 13.2 Å². The molecule has 7 heteroatoms. The average molecular weight is 385 g/mol. The summed E-state index contributed by atoms with van der Waals surface area (Å²) in [5.41, 5.74) is 1.74. The summed E-state index contributed by atoms with van der Waals surface area (Å²) < 4.78 is 44.7. The normalized spacial score (nSPS) is 11.8. The van der Waals surface area contributed by atoms with Gasteiger partial charge in [-0.15, -0.1) is 0 Å². The van der Waals surface area contributed by atoms with Crippen LogP contribution in [0.3, 0.4) is 0 Å². The molecule has 0 spiro atoms. The summed E-state index contributed by atoms with van der Waals surface area (Å²) in [5, 5.41) is -0.357. The number of hydrogen-bond acceptors (Lipinski definition) is 2. The number of halogens is 4. The fourth-order valence-corrected chi connectivity index (χ4v) is 2.67. The lowest BCUT2D eigenvalue weighted by Crippen LogP contribution is -2.16. The van der Waals surface area contributed by atoms with Crippen molar-refractivity contribution in [2.24, 2.45) is 4.99 Å². The highest BCUT2D eigenvalue weighted by Gasteiger charge is 2.33. The molecule has 2 rings (SSSR count). The van der Waals surface area contributed by atoms with Crippen LogP contribution in [0, 0.1) is 13.8 Å². The molecule has 0 fully saturated rings. The van der Waals surface area contributed by atoms with Crippen LogP contribution in [0.25, 0.3) is 0 Å². The second-order valence-corrected chi connectivity index (χ2v) is 6.28. The molecule has 0 bridgehead atoms. The first-order chi connectivity index (χ1) is 12.1. The van der Waals surface area contributed by atoms with Crippen LogP contribution in [-0.4, -0.2) is 19.9 Å². The Balaban J connectivity index is 2.34. The van der Waals surface area contributed by atoms with E-state index in [4.69, 9.17) is 16.3 Å². The molecule has 0 atom stereocenters. The molecule has 26 heavy (non-hydrogen) atoms. The van der Waals surface area contributed by atoms with Gasteiger partial charge in [0.25, 0.3) is 0 Å². The molecule has 0 N–H and O–H groups in total. The molecule has 2 aromatic carbocycles. The molecule has 0 radical (unpaired) electrons. The Morgan fingerprint density at radius 2 is 1.85 bits per heavy atom. The van der Waals surface area contributed by atoms with E-state index in [1.165, 1.54) is 12.1 Å². The Morgan fingerprint density at radius 3 is 2.46 bits per heavy atom. The highest BCUT2D eigenvalue weighted by atomic mass is 35.5. The lowest BCUT2D eigenvalue weighted by Gasteiger charge is -2.19. The zero-order chi connectivity index (χ0) is 19.5. The molecular formula is C19H20ClF3N2O. The predicted octanol–water partition coefficient (Wildman–Crippen LogP) is 6.25. The van der Waals surface area contributed by atoms with Crippen molar-refractivity contribution >= 4 is 23.6 Å². The lowest BCUT2D eigenvalue weighted by atomic mass is 10.1. The summed E-state index contributed by atoms with van der Waals surface area (Å²) in [5.74, 6) is 0.570. The first kappa shape index (κ1) is 20.1. The van der Waals surface area contributed by atoms with Crippen molar-refractivity contribution in [2.75, 3.05) is 18.5 Å². The van der Waals surface area contributed by atoms with Crippen LogP contribution < -0.4 is 9.64 Å². The van der Waals surface area contributed by atoms with Crippen molar-refractivity contribution in [1.82, 2.24) is 0 Å². The van der Waals surface area contributed by atoms with E-state index in [-0.39, 0.29) is 10.8 Å². The number of hydrogen-bond donors (Lipinski definition) is 0. The minimum Gasteiger partial charge on any atom is -0.457 e. The number of anilines is 1. The van der Waals surface area contributed by atoms with Crippen LogP contribution in [-0.2, 0) is 6.18 Å². The van der Waals surface area contributed by atoms with E-state index >= 15 is 0 Å². The third-order valence-corrected chi connectivity index (χ3v) is 4.11. The van der Waals surface area contributed by atoms with Gasteiger partial charge in [-0.3, -0.25) is 4.99 Å². The lowest BCUT2D eigenvalue weighted by molar-refractivity contribution is -0.137. The molecule has 0 saturated carbocycles. The molecular weight excluding hydrogens is 365 g/mol. The zero-order valence-corrected chi connectivity index (χ0v) is 15.7. The molecule has 0 saturated heterocycles.